The van der Waals surface area contributed by atoms with Crippen LogP contribution in [-0.4, -0.2) is 49.7 Å². The molecule has 2 aliphatic rings. The Morgan fingerprint density at radius 3 is 2.60 bits per heavy atom. The fourth-order valence-corrected chi connectivity index (χ4v) is 3.53. The molecule has 4 nitrogen and oxygen atoms in total. The molecule has 2 fully saturated rings. The number of hydrogen-bond donors (Lipinski definition) is 1. The third-order valence-electron chi connectivity index (χ3n) is 5.01. The highest BCUT2D eigenvalue weighted by Gasteiger charge is 2.33. The lowest BCUT2D eigenvalue weighted by atomic mass is 9.79. The summed E-state index contributed by atoms with van der Waals surface area (Å²) in [5.74, 6) is 0.260. The summed E-state index contributed by atoms with van der Waals surface area (Å²) in [6.07, 6.45) is 10.4. The summed E-state index contributed by atoms with van der Waals surface area (Å²) in [7, 11) is 3.93. The van der Waals surface area contributed by atoms with Crippen LogP contribution in [0.25, 0.3) is 0 Å². The zero-order chi connectivity index (χ0) is 14.4. The first-order valence-electron chi connectivity index (χ1n) is 8.20. The van der Waals surface area contributed by atoms with Crippen LogP contribution in [0.15, 0.2) is 0 Å². The van der Waals surface area contributed by atoms with E-state index in [2.05, 4.69) is 5.32 Å². The largest absolute Gasteiger partial charge is 0.376 e. The second-order valence-corrected chi connectivity index (χ2v) is 6.53. The smallest absolute Gasteiger partial charge is 0.224 e. The van der Waals surface area contributed by atoms with Gasteiger partial charge in [-0.1, -0.05) is 19.3 Å². The van der Waals surface area contributed by atoms with E-state index < -0.39 is 0 Å². The van der Waals surface area contributed by atoms with Gasteiger partial charge in [0.2, 0.25) is 5.91 Å². The highest BCUT2D eigenvalue weighted by atomic mass is 16.5. The van der Waals surface area contributed by atoms with Gasteiger partial charge in [-0.3, -0.25) is 4.79 Å². The van der Waals surface area contributed by atoms with Crippen molar-refractivity contribution in [3.05, 3.63) is 0 Å². The second-order valence-electron chi connectivity index (χ2n) is 6.53. The standard InChI is InChI=1S/C16H30N2O2/c1-17-16(9-5-3-6-10-16)12-15(19)18(2)13-14-8-4-7-11-20-14/h14,17H,3-13H2,1-2H3. The van der Waals surface area contributed by atoms with Crippen molar-refractivity contribution in [2.24, 2.45) is 0 Å². The number of hydrogen-bond acceptors (Lipinski definition) is 3. The summed E-state index contributed by atoms with van der Waals surface area (Å²) in [5.41, 5.74) is 0.0387. The highest BCUT2D eigenvalue weighted by molar-refractivity contribution is 5.77. The molecular formula is C16H30N2O2. The van der Waals surface area contributed by atoms with E-state index in [-0.39, 0.29) is 17.6 Å². The number of nitrogens with one attached hydrogen (secondary N) is 1. The van der Waals surface area contributed by atoms with E-state index in [0.717, 1.165) is 38.8 Å². The fraction of sp³-hybridized carbons (Fsp3) is 0.938. The number of likely N-dealkylation sites (N-methyl/N-ethyl adjacent to an activating group) is 1. The van der Waals surface area contributed by atoms with Crippen molar-refractivity contribution in [2.45, 2.75) is 69.4 Å². The van der Waals surface area contributed by atoms with E-state index in [1.54, 1.807) is 0 Å². The molecule has 0 aromatic rings. The number of rotatable bonds is 5. The molecule has 0 bridgehead atoms. The van der Waals surface area contributed by atoms with Crippen LogP contribution in [0.5, 0.6) is 0 Å². The molecule has 0 radical (unpaired) electrons. The summed E-state index contributed by atoms with van der Waals surface area (Å²) in [4.78, 5) is 14.4. The van der Waals surface area contributed by atoms with Gasteiger partial charge in [0, 0.05) is 32.2 Å². The molecule has 116 valence electrons. The Kier molecular flexibility index (Phi) is 5.85. The van der Waals surface area contributed by atoms with Crippen LogP contribution in [0, 0.1) is 0 Å². The molecule has 1 N–H and O–H groups in total. The van der Waals surface area contributed by atoms with E-state index in [0.29, 0.717) is 6.42 Å². The minimum absolute atomic E-state index is 0.0387. The van der Waals surface area contributed by atoms with Gasteiger partial charge in [0.15, 0.2) is 0 Å². The van der Waals surface area contributed by atoms with Crippen LogP contribution < -0.4 is 5.32 Å². The van der Waals surface area contributed by atoms with Crippen LogP contribution in [0.2, 0.25) is 0 Å². The van der Waals surface area contributed by atoms with Gasteiger partial charge >= 0.3 is 0 Å². The number of nitrogens with zero attached hydrogens (tertiary/aromatic N) is 1. The fourth-order valence-electron chi connectivity index (χ4n) is 3.53. The molecule has 1 heterocycles. The zero-order valence-electron chi connectivity index (χ0n) is 13.1. The van der Waals surface area contributed by atoms with Gasteiger partial charge in [0.1, 0.15) is 0 Å². The second kappa shape index (κ2) is 7.41. The molecule has 0 aromatic carbocycles. The van der Waals surface area contributed by atoms with Crippen molar-refractivity contribution < 1.29 is 9.53 Å². The Morgan fingerprint density at radius 1 is 1.25 bits per heavy atom. The summed E-state index contributed by atoms with van der Waals surface area (Å²) < 4.78 is 5.73. The lowest BCUT2D eigenvalue weighted by molar-refractivity contribution is -0.134. The Balaban J connectivity index is 1.82. The molecule has 0 aromatic heterocycles. The summed E-state index contributed by atoms with van der Waals surface area (Å²) in [6.45, 7) is 1.60. The minimum atomic E-state index is 0.0387. The molecule has 0 spiro atoms. The quantitative estimate of drug-likeness (QED) is 0.841. The first-order chi connectivity index (χ1) is 9.65. The van der Waals surface area contributed by atoms with E-state index >= 15 is 0 Å². The maximum Gasteiger partial charge on any atom is 0.224 e. The van der Waals surface area contributed by atoms with Gasteiger partial charge in [-0.15, -0.1) is 0 Å². The molecule has 1 aliphatic heterocycles. The van der Waals surface area contributed by atoms with Gasteiger partial charge in [0.25, 0.3) is 0 Å². The van der Waals surface area contributed by atoms with Gasteiger partial charge in [0.05, 0.1) is 6.10 Å². The van der Waals surface area contributed by atoms with Crippen LogP contribution in [-0.2, 0) is 9.53 Å². The first-order valence-corrected chi connectivity index (χ1v) is 8.20. The van der Waals surface area contributed by atoms with Crippen LogP contribution >= 0.6 is 0 Å². The topological polar surface area (TPSA) is 41.6 Å². The molecule has 20 heavy (non-hydrogen) atoms. The monoisotopic (exact) mass is 282 g/mol. The average Bonchev–Trinajstić information content (AvgIpc) is 2.49. The van der Waals surface area contributed by atoms with Crippen LogP contribution in [0.3, 0.4) is 0 Å². The molecule has 2 rings (SSSR count). The summed E-state index contributed by atoms with van der Waals surface area (Å²) in [6, 6.07) is 0. The maximum atomic E-state index is 12.5. The number of carbonyl (C=O) groups is 1. The Labute approximate surface area is 123 Å². The number of carbonyl (C=O) groups excluding carboxylic acids is 1. The third kappa shape index (κ3) is 4.19. The van der Waals surface area contributed by atoms with E-state index in [9.17, 15) is 4.79 Å². The normalized spacial score (nSPS) is 26.2. The SMILES string of the molecule is CNC1(CC(=O)N(C)CC2CCCCO2)CCCCC1. The van der Waals surface area contributed by atoms with Crippen molar-refractivity contribution in [1.82, 2.24) is 10.2 Å². The molecular weight excluding hydrogens is 252 g/mol. The van der Waals surface area contributed by atoms with Gasteiger partial charge in [-0.05, 0) is 39.2 Å². The number of ether oxygens (including phenoxy) is 1. The summed E-state index contributed by atoms with van der Waals surface area (Å²) >= 11 is 0. The van der Waals surface area contributed by atoms with Crippen molar-refractivity contribution >= 4 is 5.91 Å². The first kappa shape index (κ1) is 15.8. The van der Waals surface area contributed by atoms with Gasteiger partial charge in [-0.25, -0.2) is 0 Å². The molecule has 1 unspecified atom stereocenters. The van der Waals surface area contributed by atoms with Gasteiger partial charge < -0.3 is 15.0 Å². The molecule has 1 atom stereocenters. The van der Waals surface area contributed by atoms with E-state index in [1.807, 2.05) is 19.0 Å². The average molecular weight is 282 g/mol. The molecule has 1 saturated carbocycles. The van der Waals surface area contributed by atoms with E-state index in [4.69, 9.17) is 4.74 Å². The Morgan fingerprint density at radius 2 is 2.00 bits per heavy atom. The van der Waals surface area contributed by atoms with Crippen molar-refractivity contribution in [1.29, 1.82) is 0 Å². The van der Waals surface area contributed by atoms with Crippen molar-refractivity contribution in [2.75, 3.05) is 27.2 Å². The minimum Gasteiger partial charge on any atom is -0.376 e. The zero-order valence-corrected chi connectivity index (χ0v) is 13.1. The lowest BCUT2D eigenvalue weighted by Crippen LogP contribution is -2.49. The predicted octanol–water partition coefficient (Wildman–Crippen LogP) is 2.33. The Hall–Kier alpha value is -0.610. The van der Waals surface area contributed by atoms with Crippen molar-refractivity contribution in [3.8, 4) is 0 Å². The van der Waals surface area contributed by atoms with Gasteiger partial charge in [-0.2, -0.15) is 0 Å². The third-order valence-corrected chi connectivity index (χ3v) is 5.01. The van der Waals surface area contributed by atoms with E-state index in [1.165, 1.54) is 25.7 Å². The highest BCUT2D eigenvalue weighted by Crippen LogP contribution is 2.31. The predicted molar refractivity (Wildman–Crippen MR) is 80.7 cm³/mol. The lowest BCUT2D eigenvalue weighted by Gasteiger charge is -2.38. The molecule has 1 aliphatic carbocycles. The number of amides is 1. The van der Waals surface area contributed by atoms with Crippen LogP contribution in [0.4, 0.5) is 0 Å². The van der Waals surface area contributed by atoms with Crippen molar-refractivity contribution in [3.63, 3.8) is 0 Å². The Bertz CT molecular complexity index is 308. The molecule has 1 amide bonds. The maximum absolute atomic E-state index is 12.5. The summed E-state index contributed by atoms with van der Waals surface area (Å²) in [5, 5.41) is 3.43. The molecule has 1 saturated heterocycles. The molecule has 4 heteroatoms. The van der Waals surface area contributed by atoms with Crippen LogP contribution in [0.1, 0.15) is 57.8 Å².